The molecule has 1 aliphatic rings. The van der Waals surface area contributed by atoms with E-state index in [1.54, 1.807) is 6.92 Å². The standard InChI is InChI=1S/C22H32N4O2/c1-17(2)22(5,16-23)24-19(27)15-25-11-13-26(14-12-25)20(28)21(3,4)18-9-7-6-8-10-18/h6-10,17H,11-15H2,1-5H3,(H,24,27). The second-order valence-electron chi connectivity index (χ2n) is 8.58. The number of carbonyl (C=O) groups is 2. The number of hydrogen-bond donors (Lipinski definition) is 1. The van der Waals surface area contributed by atoms with Crippen LogP contribution in [0.3, 0.4) is 0 Å². The molecule has 28 heavy (non-hydrogen) atoms. The van der Waals surface area contributed by atoms with E-state index in [1.807, 2.05) is 67.8 Å². The minimum absolute atomic E-state index is 0.0242. The molecule has 6 nitrogen and oxygen atoms in total. The number of nitrogens with zero attached hydrogens (tertiary/aromatic N) is 3. The Morgan fingerprint density at radius 1 is 1.11 bits per heavy atom. The summed E-state index contributed by atoms with van der Waals surface area (Å²) < 4.78 is 0. The van der Waals surface area contributed by atoms with Crippen LogP contribution in [0.25, 0.3) is 0 Å². The first-order valence-electron chi connectivity index (χ1n) is 9.89. The molecule has 0 radical (unpaired) electrons. The van der Waals surface area contributed by atoms with Crippen LogP contribution >= 0.6 is 0 Å². The van der Waals surface area contributed by atoms with Crippen molar-refractivity contribution in [3.05, 3.63) is 35.9 Å². The van der Waals surface area contributed by atoms with Gasteiger partial charge in [0.1, 0.15) is 5.54 Å². The van der Waals surface area contributed by atoms with Crippen LogP contribution in [0.4, 0.5) is 0 Å². The maximum atomic E-state index is 13.0. The average molecular weight is 385 g/mol. The van der Waals surface area contributed by atoms with Gasteiger partial charge < -0.3 is 10.2 Å². The van der Waals surface area contributed by atoms with Gasteiger partial charge >= 0.3 is 0 Å². The van der Waals surface area contributed by atoms with Gasteiger partial charge in [0.05, 0.1) is 18.0 Å². The van der Waals surface area contributed by atoms with E-state index in [9.17, 15) is 14.9 Å². The fourth-order valence-corrected chi connectivity index (χ4v) is 3.32. The summed E-state index contributed by atoms with van der Waals surface area (Å²) in [6, 6.07) is 12.0. The number of rotatable bonds is 6. The Labute approximate surface area is 168 Å². The number of nitrogens with one attached hydrogen (secondary N) is 1. The van der Waals surface area contributed by atoms with Gasteiger partial charge in [0.2, 0.25) is 11.8 Å². The summed E-state index contributed by atoms with van der Waals surface area (Å²) in [4.78, 5) is 29.3. The summed E-state index contributed by atoms with van der Waals surface area (Å²) >= 11 is 0. The number of benzene rings is 1. The van der Waals surface area contributed by atoms with Gasteiger partial charge in [0.25, 0.3) is 0 Å². The van der Waals surface area contributed by atoms with Crippen LogP contribution in [0.5, 0.6) is 0 Å². The van der Waals surface area contributed by atoms with E-state index in [0.29, 0.717) is 26.2 Å². The largest absolute Gasteiger partial charge is 0.339 e. The third kappa shape index (κ3) is 4.90. The lowest BCUT2D eigenvalue weighted by Gasteiger charge is -2.39. The topological polar surface area (TPSA) is 76.4 Å². The van der Waals surface area contributed by atoms with E-state index in [4.69, 9.17) is 0 Å². The van der Waals surface area contributed by atoms with E-state index < -0.39 is 11.0 Å². The van der Waals surface area contributed by atoms with Crippen LogP contribution in [-0.2, 0) is 15.0 Å². The van der Waals surface area contributed by atoms with Crippen LogP contribution in [-0.4, -0.2) is 59.9 Å². The normalized spacial score (nSPS) is 17.7. The first-order chi connectivity index (χ1) is 13.1. The van der Waals surface area contributed by atoms with Crippen molar-refractivity contribution in [3.63, 3.8) is 0 Å². The van der Waals surface area contributed by atoms with Crippen LogP contribution in [0.2, 0.25) is 0 Å². The summed E-state index contributed by atoms with van der Waals surface area (Å²) in [6.07, 6.45) is 0. The molecule has 1 fully saturated rings. The van der Waals surface area contributed by atoms with Crippen LogP contribution in [0.1, 0.15) is 40.2 Å². The summed E-state index contributed by atoms with van der Waals surface area (Å²) in [5.74, 6) is -0.0158. The number of amides is 2. The molecular weight excluding hydrogens is 352 g/mol. The maximum Gasteiger partial charge on any atom is 0.235 e. The fourth-order valence-electron chi connectivity index (χ4n) is 3.32. The smallest absolute Gasteiger partial charge is 0.235 e. The van der Waals surface area contributed by atoms with E-state index in [1.165, 1.54) is 0 Å². The molecule has 1 N–H and O–H groups in total. The molecule has 1 unspecified atom stereocenters. The highest BCUT2D eigenvalue weighted by Crippen LogP contribution is 2.26. The Morgan fingerprint density at radius 2 is 1.68 bits per heavy atom. The SMILES string of the molecule is CC(C)C(C)(C#N)NC(=O)CN1CCN(C(=O)C(C)(C)c2ccccc2)CC1. The number of hydrogen-bond acceptors (Lipinski definition) is 4. The van der Waals surface area contributed by atoms with E-state index in [0.717, 1.165) is 5.56 Å². The molecule has 1 atom stereocenters. The van der Waals surface area contributed by atoms with Crippen molar-refractivity contribution in [2.24, 2.45) is 5.92 Å². The number of piperazine rings is 1. The van der Waals surface area contributed by atoms with Gasteiger partial charge in [0, 0.05) is 26.2 Å². The van der Waals surface area contributed by atoms with Crippen LogP contribution in [0.15, 0.2) is 30.3 Å². The molecule has 1 aromatic rings. The van der Waals surface area contributed by atoms with E-state index in [-0.39, 0.29) is 24.3 Å². The predicted octanol–water partition coefficient (Wildman–Crippen LogP) is 2.16. The van der Waals surface area contributed by atoms with Crippen molar-refractivity contribution in [1.29, 1.82) is 5.26 Å². The van der Waals surface area contributed by atoms with Crippen molar-refractivity contribution < 1.29 is 9.59 Å². The van der Waals surface area contributed by atoms with E-state index >= 15 is 0 Å². The molecule has 0 aromatic heterocycles. The Hall–Kier alpha value is -2.39. The molecule has 1 saturated heterocycles. The zero-order chi connectivity index (χ0) is 20.9. The molecule has 1 aromatic carbocycles. The monoisotopic (exact) mass is 384 g/mol. The second kappa shape index (κ2) is 8.74. The molecule has 2 amide bonds. The molecule has 1 heterocycles. The maximum absolute atomic E-state index is 13.0. The molecule has 6 heteroatoms. The average Bonchev–Trinajstić information content (AvgIpc) is 2.68. The highest BCUT2D eigenvalue weighted by Gasteiger charge is 2.36. The highest BCUT2D eigenvalue weighted by atomic mass is 16.2. The van der Waals surface area contributed by atoms with Gasteiger partial charge in [-0.05, 0) is 32.3 Å². The van der Waals surface area contributed by atoms with Crippen molar-refractivity contribution in [3.8, 4) is 6.07 Å². The molecule has 0 bridgehead atoms. The number of carbonyl (C=O) groups excluding carboxylic acids is 2. The van der Waals surface area contributed by atoms with Gasteiger partial charge in [-0.3, -0.25) is 14.5 Å². The van der Waals surface area contributed by atoms with Gasteiger partial charge in [-0.2, -0.15) is 5.26 Å². The molecule has 1 aliphatic heterocycles. The molecule has 152 valence electrons. The van der Waals surface area contributed by atoms with Crippen molar-refractivity contribution in [2.75, 3.05) is 32.7 Å². The zero-order valence-electron chi connectivity index (χ0n) is 17.7. The molecule has 0 spiro atoms. The second-order valence-corrected chi connectivity index (χ2v) is 8.58. The molecule has 2 rings (SSSR count). The van der Waals surface area contributed by atoms with Crippen LogP contribution in [0, 0.1) is 17.2 Å². The molecular formula is C22H32N4O2. The third-order valence-electron chi connectivity index (χ3n) is 5.84. The van der Waals surface area contributed by atoms with Gasteiger partial charge in [-0.25, -0.2) is 0 Å². The van der Waals surface area contributed by atoms with Gasteiger partial charge in [-0.1, -0.05) is 44.2 Å². The fraction of sp³-hybridized carbons (Fsp3) is 0.591. The van der Waals surface area contributed by atoms with Crippen molar-refractivity contribution in [2.45, 2.75) is 45.6 Å². The summed E-state index contributed by atoms with van der Waals surface area (Å²) in [5, 5.41) is 12.2. The highest BCUT2D eigenvalue weighted by molar-refractivity contribution is 5.87. The number of nitriles is 1. The summed E-state index contributed by atoms with van der Waals surface area (Å²) in [7, 11) is 0. The Bertz CT molecular complexity index is 731. The predicted molar refractivity (Wildman–Crippen MR) is 109 cm³/mol. The lowest BCUT2D eigenvalue weighted by Crippen LogP contribution is -2.56. The molecule has 0 aliphatic carbocycles. The van der Waals surface area contributed by atoms with Crippen LogP contribution < -0.4 is 5.32 Å². The summed E-state index contributed by atoms with van der Waals surface area (Å²) in [6.45, 7) is 12.2. The van der Waals surface area contributed by atoms with Crippen molar-refractivity contribution in [1.82, 2.24) is 15.1 Å². The Kier molecular flexibility index (Phi) is 6.84. The summed E-state index contributed by atoms with van der Waals surface area (Å²) in [5.41, 5.74) is -0.437. The Balaban J connectivity index is 1.90. The Morgan fingerprint density at radius 3 is 2.18 bits per heavy atom. The minimum Gasteiger partial charge on any atom is -0.339 e. The van der Waals surface area contributed by atoms with Gasteiger partial charge in [0.15, 0.2) is 0 Å². The molecule has 0 saturated carbocycles. The first-order valence-corrected chi connectivity index (χ1v) is 9.89. The van der Waals surface area contributed by atoms with Crippen molar-refractivity contribution >= 4 is 11.8 Å². The quantitative estimate of drug-likeness (QED) is 0.815. The first kappa shape index (κ1) is 21.9. The van der Waals surface area contributed by atoms with E-state index in [2.05, 4.69) is 11.4 Å². The lowest BCUT2D eigenvalue weighted by atomic mass is 9.83. The zero-order valence-corrected chi connectivity index (χ0v) is 17.7. The lowest BCUT2D eigenvalue weighted by molar-refractivity contribution is -0.138. The minimum atomic E-state index is -0.866. The third-order valence-corrected chi connectivity index (χ3v) is 5.84. The van der Waals surface area contributed by atoms with Gasteiger partial charge in [-0.15, -0.1) is 0 Å².